The van der Waals surface area contributed by atoms with Gasteiger partial charge in [0.05, 0.1) is 25.4 Å². The van der Waals surface area contributed by atoms with Gasteiger partial charge in [-0.25, -0.2) is 0 Å². The average Bonchev–Trinajstić information content (AvgIpc) is 2.17. The average molecular weight is 219 g/mol. The van der Waals surface area contributed by atoms with Crippen LogP contribution in [-0.4, -0.2) is 50.2 Å². The van der Waals surface area contributed by atoms with E-state index in [4.69, 9.17) is 14.6 Å². The van der Waals surface area contributed by atoms with Crippen molar-refractivity contribution in [3.05, 3.63) is 0 Å². The van der Waals surface area contributed by atoms with E-state index in [2.05, 4.69) is 26.1 Å². The topological polar surface area (TPSA) is 50.7 Å². The molecule has 0 aromatic carbocycles. The van der Waals surface area contributed by atoms with Gasteiger partial charge in [0.1, 0.15) is 0 Å². The third-order valence-corrected chi connectivity index (χ3v) is 2.33. The van der Waals surface area contributed by atoms with Crippen LogP contribution in [-0.2, 0) is 9.47 Å². The van der Waals surface area contributed by atoms with Crippen molar-refractivity contribution >= 4 is 0 Å². The van der Waals surface area contributed by atoms with Crippen LogP contribution in [0.5, 0.6) is 0 Å². The summed E-state index contributed by atoms with van der Waals surface area (Å²) in [6, 6.07) is 0.401. The summed E-state index contributed by atoms with van der Waals surface area (Å²) in [6.07, 6.45) is 0.962. The highest BCUT2D eigenvalue weighted by Crippen LogP contribution is 2.14. The molecule has 92 valence electrons. The fourth-order valence-electron chi connectivity index (χ4n) is 1.44. The summed E-state index contributed by atoms with van der Waals surface area (Å²) in [5, 5.41) is 11.8. The van der Waals surface area contributed by atoms with Crippen molar-refractivity contribution in [1.29, 1.82) is 0 Å². The van der Waals surface area contributed by atoms with Gasteiger partial charge in [-0.3, -0.25) is 0 Å². The normalized spacial score (nSPS) is 14.2. The smallest absolute Gasteiger partial charge is 0.0698 e. The fourth-order valence-corrected chi connectivity index (χ4v) is 1.44. The first-order valence-electron chi connectivity index (χ1n) is 5.49. The highest BCUT2D eigenvalue weighted by atomic mass is 16.5. The predicted octanol–water partition coefficient (Wildman–Crippen LogP) is 0.788. The first-order chi connectivity index (χ1) is 7.02. The Morgan fingerprint density at radius 3 is 2.53 bits per heavy atom. The molecule has 0 saturated carbocycles. The van der Waals surface area contributed by atoms with Crippen molar-refractivity contribution in [3.8, 4) is 0 Å². The molecule has 0 aromatic rings. The lowest BCUT2D eigenvalue weighted by atomic mass is 10.00. The third kappa shape index (κ3) is 8.81. The Morgan fingerprint density at radius 2 is 2.00 bits per heavy atom. The predicted molar refractivity (Wildman–Crippen MR) is 61.1 cm³/mol. The molecule has 4 nitrogen and oxygen atoms in total. The number of methoxy groups -OCH3 is 1. The van der Waals surface area contributed by atoms with E-state index in [1.54, 1.807) is 7.11 Å². The third-order valence-electron chi connectivity index (χ3n) is 2.33. The van der Waals surface area contributed by atoms with Crippen LogP contribution in [0.15, 0.2) is 0 Å². The minimum absolute atomic E-state index is 0.0849. The van der Waals surface area contributed by atoms with Gasteiger partial charge < -0.3 is 19.9 Å². The van der Waals surface area contributed by atoms with Gasteiger partial charge in [0.2, 0.25) is 0 Å². The van der Waals surface area contributed by atoms with Gasteiger partial charge in [-0.05, 0) is 27.2 Å². The van der Waals surface area contributed by atoms with Gasteiger partial charge in [-0.15, -0.1) is 0 Å². The number of hydrogen-bond acceptors (Lipinski definition) is 4. The minimum atomic E-state index is -0.0849. The van der Waals surface area contributed by atoms with Crippen LogP contribution in [0, 0.1) is 0 Å². The van der Waals surface area contributed by atoms with Crippen molar-refractivity contribution in [2.75, 3.05) is 33.5 Å². The highest BCUT2D eigenvalue weighted by molar-refractivity contribution is 4.75. The molecule has 15 heavy (non-hydrogen) atoms. The van der Waals surface area contributed by atoms with Crippen LogP contribution in [0.25, 0.3) is 0 Å². The molecule has 0 aromatic heterocycles. The summed E-state index contributed by atoms with van der Waals surface area (Å²) in [4.78, 5) is 0. The molecule has 4 heteroatoms. The van der Waals surface area contributed by atoms with E-state index >= 15 is 0 Å². The monoisotopic (exact) mass is 219 g/mol. The zero-order chi connectivity index (χ0) is 11.7. The van der Waals surface area contributed by atoms with E-state index in [1.807, 2.05) is 0 Å². The van der Waals surface area contributed by atoms with Crippen molar-refractivity contribution in [2.45, 2.75) is 38.8 Å². The van der Waals surface area contributed by atoms with Crippen LogP contribution < -0.4 is 5.32 Å². The second kappa shape index (κ2) is 8.05. The highest BCUT2D eigenvalue weighted by Gasteiger charge is 2.19. The standard InChI is InChI=1S/C11H25NO3/c1-10(9-11(2,3)14-4)12-5-7-15-8-6-13/h10,12-13H,5-9H2,1-4H3/t10-/m0/s1. The van der Waals surface area contributed by atoms with Gasteiger partial charge in [0.15, 0.2) is 0 Å². The maximum Gasteiger partial charge on any atom is 0.0698 e. The zero-order valence-corrected chi connectivity index (χ0v) is 10.4. The molecule has 2 N–H and O–H groups in total. The van der Waals surface area contributed by atoms with Crippen LogP contribution in [0.3, 0.4) is 0 Å². The largest absolute Gasteiger partial charge is 0.394 e. The Morgan fingerprint density at radius 1 is 1.33 bits per heavy atom. The number of aliphatic hydroxyl groups excluding tert-OH is 1. The van der Waals surface area contributed by atoms with Gasteiger partial charge in [0.25, 0.3) is 0 Å². The van der Waals surface area contributed by atoms with Gasteiger partial charge in [-0.1, -0.05) is 0 Å². The lowest BCUT2D eigenvalue weighted by Crippen LogP contribution is -2.37. The maximum absolute atomic E-state index is 8.50. The van der Waals surface area contributed by atoms with E-state index in [9.17, 15) is 0 Å². The van der Waals surface area contributed by atoms with Crippen LogP contribution in [0.4, 0.5) is 0 Å². The van der Waals surface area contributed by atoms with Crippen LogP contribution in [0.1, 0.15) is 27.2 Å². The quantitative estimate of drug-likeness (QED) is 0.563. The van der Waals surface area contributed by atoms with E-state index in [0.29, 0.717) is 19.3 Å². The number of ether oxygens (including phenoxy) is 2. The van der Waals surface area contributed by atoms with Crippen molar-refractivity contribution in [3.63, 3.8) is 0 Å². The Bertz CT molecular complexity index is 151. The van der Waals surface area contributed by atoms with Crippen LogP contribution in [0.2, 0.25) is 0 Å². The second-order valence-electron chi connectivity index (χ2n) is 4.36. The van der Waals surface area contributed by atoms with E-state index in [1.165, 1.54) is 0 Å². The molecular formula is C11H25NO3. The molecule has 0 aliphatic rings. The summed E-state index contributed by atoms with van der Waals surface area (Å²) in [5.41, 5.74) is -0.0849. The summed E-state index contributed by atoms with van der Waals surface area (Å²) in [7, 11) is 1.73. The summed E-state index contributed by atoms with van der Waals surface area (Å²) < 4.78 is 10.5. The molecule has 0 saturated heterocycles. The van der Waals surface area contributed by atoms with Crippen LogP contribution >= 0.6 is 0 Å². The molecule has 0 amide bonds. The molecular weight excluding hydrogens is 194 g/mol. The van der Waals surface area contributed by atoms with E-state index < -0.39 is 0 Å². The molecule has 0 unspecified atom stereocenters. The Kier molecular flexibility index (Phi) is 7.96. The molecule has 0 aliphatic carbocycles. The van der Waals surface area contributed by atoms with Gasteiger partial charge >= 0.3 is 0 Å². The van der Waals surface area contributed by atoms with Crippen molar-refractivity contribution in [1.82, 2.24) is 5.32 Å². The SMILES string of the molecule is COC(C)(C)C[C@H](C)NCCOCCO. The minimum Gasteiger partial charge on any atom is -0.394 e. The van der Waals surface area contributed by atoms with Crippen molar-refractivity contribution < 1.29 is 14.6 Å². The number of hydrogen-bond donors (Lipinski definition) is 2. The Labute approximate surface area is 93.0 Å². The number of nitrogens with one attached hydrogen (secondary N) is 1. The molecule has 0 aliphatic heterocycles. The zero-order valence-electron chi connectivity index (χ0n) is 10.4. The molecule has 0 heterocycles. The first kappa shape index (κ1) is 14.8. The fraction of sp³-hybridized carbons (Fsp3) is 1.00. The molecule has 1 atom stereocenters. The Hall–Kier alpha value is -0.160. The lowest BCUT2D eigenvalue weighted by molar-refractivity contribution is 0.00772. The first-order valence-corrected chi connectivity index (χ1v) is 5.49. The van der Waals surface area contributed by atoms with E-state index in [-0.39, 0.29) is 12.2 Å². The van der Waals surface area contributed by atoms with Crippen molar-refractivity contribution in [2.24, 2.45) is 0 Å². The molecule has 0 bridgehead atoms. The molecule has 0 rings (SSSR count). The number of rotatable bonds is 9. The number of aliphatic hydroxyl groups is 1. The summed E-state index contributed by atoms with van der Waals surface area (Å²) in [6.45, 7) is 8.23. The molecule has 0 radical (unpaired) electrons. The van der Waals surface area contributed by atoms with Gasteiger partial charge in [-0.2, -0.15) is 0 Å². The second-order valence-corrected chi connectivity index (χ2v) is 4.36. The lowest BCUT2D eigenvalue weighted by Gasteiger charge is -2.27. The van der Waals surface area contributed by atoms with E-state index in [0.717, 1.165) is 13.0 Å². The maximum atomic E-state index is 8.50. The summed E-state index contributed by atoms with van der Waals surface area (Å²) in [5.74, 6) is 0. The molecule has 0 fully saturated rings. The molecule has 0 spiro atoms. The summed E-state index contributed by atoms with van der Waals surface area (Å²) >= 11 is 0. The Balaban J connectivity index is 3.45. The van der Waals surface area contributed by atoms with Gasteiger partial charge in [0, 0.05) is 19.7 Å².